The lowest BCUT2D eigenvalue weighted by molar-refractivity contribution is -0.139. The van der Waals surface area contributed by atoms with Gasteiger partial charge in [-0.05, 0) is 11.6 Å². The minimum Gasteiger partial charge on any atom is -0.469 e. The fraction of sp³-hybridized carbons (Fsp3) is 0.250. The maximum Gasteiger partial charge on any atom is 0.310 e. The highest BCUT2D eigenvalue weighted by atomic mass is 16.5. The molecule has 1 aromatic heterocycles. The zero-order chi connectivity index (χ0) is 8.97. The van der Waals surface area contributed by atoms with Crippen molar-refractivity contribution < 1.29 is 9.53 Å². The molecule has 0 amide bonds. The molecule has 0 aliphatic rings. The number of pyridine rings is 1. The molecule has 12 heavy (non-hydrogen) atoms. The SMILES string of the molecule is COC(=O)Cc1cncc(N)c1. The van der Waals surface area contributed by atoms with Crippen LogP contribution >= 0.6 is 0 Å². The molecular weight excluding hydrogens is 156 g/mol. The highest BCUT2D eigenvalue weighted by Crippen LogP contribution is 2.04. The Bertz CT molecular complexity index is 286. The first-order valence-corrected chi connectivity index (χ1v) is 3.48. The molecule has 4 nitrogen and oxygen atoms in total. The summed E-state index contributed by atoms with van der Waals surface area (Å²) in [5, 5.41) is 0. The summed E-state index contributed by atoms with van der Waals surface area (Å²) in [6.45, 7) is 0. The Labute approximate surface area is 70.4 Å². The Balaban J connectivity index is 2.69. The van der Waals surface area contributed by atoms with Crippen molar-refractivity contribution in [3.05, 3.63) is 24.0 Å². The van der Waals surface area contributed by atoms with E-state index in [4.69, 9.17) is 5.73 Å². The zero-order valence-electron chi connectivity index (χ0n) is 6.78. The third kappa shape index (κ3) is 2.23. The van der Waals surface area contributed by atoms with E-state index in [1.54, 1.807) is 12.3 Å². The van der Waals surface area contributed by atoms with E-state index in [2.05, 4.69) is 9.72 Å². The Morgan fingerprint density at radius 1 is 1.67 bits per heavy atom. The maximum absolute atomic E-state index is 10.8. The summed E-state index contributed by atoms with van der Waals surface area (Å²) >= 11 is 0. The molecule has 1 rings (SSSR count). The second-order valence-corrected chi connectivity index (χ2v) is 2.38. The molecule has 0 aliphatic carbocycles. The lowest BCUT2D eigenvalue weighted by Gasteiger charge is -1.99. The topological polar surface area (TPSA) is 65.2 Å². The van der Waals surface area contributed by atoms with E-state index in [1.165, 1.54) is 13.3 Å². The van der Waals surface area contributed by atoms with Gasteiger partial charge in [0, 0.05) is 12.4 Å². The summed E-state index contributed by atoms with van der Waals surface area (Å²) in [7, 11) is 1.35. The van der Waals surface area contributed by atoms with Crippen LogP contribution < -0.4 is 5.73 Å². The van der Waals surface area contributed by atoms with Crippen LogP contribution in [0.3, 0.4) is 0 Å². The number of hydrogen-bond donors (Lipinski definition) is 1. The van der Waals surface area contributed by atoms with E-state index >= 15 is 0 Å². The highest BCUT2D eigenvalue weighted by Gasteiger charge is 2.02. The van der Waals surface area contributed by atoms with Crippen molar-refractivity contribution >= 4 is 11.7 Å². The number of rotatable bonds is 2. The van der Waals surface area contributed by atoms with Crippen molar-refractivity contribution in [2.24, 2.45) is 0 Å². The summed E-state index contributed by atoms with van der Waals surface area (Å²) in [5.41, 5.74) is 6.78. The molecule has 0 aromatic carbocycles. The van der Waals surface area contributed by atoms with Crippen molar-refractivity contribution in [1.29, 1.82) is 0 Å². The second kappa shape index (κ2) is 3.71. The second-order valence-electron chi connectivity index (χ2n) is 2.38. The molecule has 0 saturated carbocycles. The number of ether oxygens (including phenoxy) is 1. The molecule has 1 aromatic rings. The van der Waals surface area contributed by atoms with E-state index in [0.29, 0.717) is 5.69 Å². The minimum absolute atomic E-state index is 0.217. The fourth-order valence-corrected chi connectivity index (χ4v) is 0.843. The van der Waals surface area contributed by atoms with Gasteiger partial charge >= 0.3 is 5.97 Å². The summed E-state index contributed by atoms with van der Waals surface area (Å²) < 4.78 is 4.49. The van der Waals surface area contributed by atoms with Crippen LogP contribution in [-0.2, 0) is 16.0 Å². The highest BCUT2D eigenvalue weighted by molar-refractivity contribution is 5.72. The predicted molar refractivity (Wildman–Crippen MR) is 44.4 cm³/mol. The van der Waals surface area contributed by atoms with Crippen molar-refractivity contribution in [2.75, 3.05) is 12.8 Å². The van der Waals surface area contributed by atoms with Crippen LogP contribution in [0.2, 0.25) is 0 Å². The van der Waals surface area contributed by atoms with Crippen LogP contribution in [0.4, 0.5) is 5.69 Å². The van der Waals surface area contributed by atoms with Gasteiger partial charge in [0.2, 0.25) is 0 Å². The number of nitrogen functional groups attached to an aromatic ring is 1. The third-order valence-electron chi connectivity index (χ3n) is 1.39. The molecule has 0 bridgehead atoms. The van der Waals surface area contributed by atoms with Crippen LogP contribution in [0.1, 0.15) is 5.56 Å². The Kier molecular flexibility index (Phi) is 2.63. The van der Waals surface area contributed by atoms with Gasteiger partial charge in [0.15, 0.2) is 0 Å². The van der Waals surface area contributed by atoms with Gasteiger partial charge in [0.25, 0.3) is 0 Å². The first-order chi connectivity index (χ1) is 5.72. The van der Waals surface area contributed by atoms with Crippen LogP contribution in [0, 0.1) is 0 Å². The third-order valence-corrected chi connectivity index (χ3v) is 1.39. The first-order valence-electron chi connectivity index (χ1n) is 3.48. The van der Waals surface area contributed by atoms with Crippen LogP contribution in [-0.4, -0.2) is 18.1 Å². The normalized spacial score (nSPS) is 9.42. The van der Waals surface area contributed by atoms with Crippen molar-refractivity contribution in [3.63, 3.8) is 0 Å². The standard InChI is InChI=1S/C8H10N2O2/c1-12-8(11)3-6-2-7(9)5-10-4-6/h2,4-5H,3,9H2,1H3. The van der Waals surface area contributed by atoms with E-state index in [-0.39, 0.29) is 12.4 Å². The lowest BCUT2D eigenvalue weighted by Crippen LogP contribution is -2.05. The van der Waals surface area contributed by atoms with Gasteiger partial charge in [-0.2, -0.15) is 0 Å². The summed E-state index contributed by atoms with van der Waals surface area (Å²) in [4.78, 5) is 14.6. The van der Waals surface area contributed by atoms with E-state index < -0.39 is 0 Å². The molecule has 0 atom stereocenters. The Morgan fingerprint density at radius 2 is 2.42 bits per heavy atom. The van der Waals surface area contributed by atoms with Gasteiger partial charge in [-0.1, -0.05) is 0 Å². The number of aromatic nitrogens is 1. The Hall–Kier alpha value is -1.58. The average molecular weight is 166 g/mol. The van der Waals surface area contributed by atoms with E-state index in [9.17, 15) is 4.79 Å². The van der Waals surface area contributed by atoms with Gasteiger partial charge in [-0.3, -0.25) is 9.78 Å². The summed E-state index contributed by atoms with van der Waals surface area (Å²) in [6.07, 6.45) is 3.34. The average Bonchev–Trinajstić information content (AvgIpc) is 2.04. The van der Waals surface area contributed by atoms with Crippen molar-refractivity contribution in [2.45, 2.75) is 6.42 Å². The molecule has 0 unspecified atom stereocenters. The largest absolute Gasteiger partial charge is 0.469 e. The van der Waals surface area contributed by atoms with Gasteiger partial charge in [-0.15, -0.1) is 0 Å². The molecule has 0 aliphatic heterocycles. The zero-order valence-corrected chi connectivity index (χ0v) is 6.78. The molecule has 0 fully saturated rings. The molecule has 0 saturated heterocycles. The lowest BCUT2D eigenvalue weighted by atomic mass is 10.2. The quantitative estimate of drug-likeness (QED) is 0.645. The number of carbonyl (C=O) groups excluding carboxylic acids is 1. The van der Waals surface area contributed by atoms with E-state index in [0.717, 1.165) is 5.56 Å². The molecule has 0 spiro atoms. The van der Waals surface area contributed by atoms with Crippen LogP contribution in [0.5, 0.6) is 0 Å². The summed E-state index contributed by atoms with van der Waals surface area (Å²) in [6, 6.07) is 1.70. The molecule has 2 N–H and O–H groups in total. The van der Waals surface area contributed by atoms with Crippen molar-refractivity contribution in [3.8, 4) is 0 Å². The smallest absolute Gasteiger partial charge is 0.310 e. The molecule has 64 valence electrons. The number of anilines is 1. The van der Waals surface area contributed by atoms with Gasteiger partial charge in [0.05, 0.1) is 19.2 Å². The number of carbonyl (C=O) groups is 1. The maximum atomic E-state index is 10.8. The number of nitrogens with zero attached hydrogens (tertiary/aromatic N) is 1. The molecular formula is C8H10N2O2. The van der Waals surface area contributed by atoms with Crippen LogP contribution in [0.25, 0.3) is 0 Å². The monoisotopic (exact) mass is 166 g/mol. The summed E-state index contributed by atoms with van der Waals surface area (Å²) in [5.74, 6) is -0.289. The number of esters is 1. The van der Waals surface area contributed by atoms with Gasteiger partial charge < -0.3 is 10.5 Å². The van der Waals surface area contributed by atoms with E-state index in [1.807, 2.05) is 0 Å². The Morgan fingerprint density at radius 3 is 3.00 bits per heavy atom. The number of nitrogens with two attached hydrogens (primary N) is 1. The predicted octanol–water partition coefficient (Wildman–Crippen LogP) is 0.379. The van der Waals surface area contributed by atoms with Crippen molar-refractivity contribution in [1.82, 2.24) is 4.98 Å². The van der Waals surface area contributed by atoms with Gasteiger partial charge in [0.1, 0.15) is 0 Å². The first kappa shape index (κ1) is 8.52. The molecule has 1 heterocycles. The number of methoxy groups -OCH3 is 1. The van der Waals surface area contributed by atoms with Gasteiger partial charge in [-0.25, -0.2) is 0 Å². The number of hydrogen-bond acceptors (Lipinski definition) is 4. The fourth-order valence-electron chi connectivity index (χ4n) is 0.843. The molecule has 4 heteroatoms. The molecule has 0 radical (unpaired) electrons. The van der Waals surface area contributed by atoms with Crippen LogP contribution in [0.15, 0.2) is 18.5 Å². The minimum atomic E-state index is -0.289.